The highest BCUT2D eigenvalue weighted by atomic mass is 32.2. The standard InChI is InChI=1S/C23H26FN5OS/c1-17-9-10-19(13-20(17)24)25-22(30)16-31-23-27-26-21(15-28-11-5-6-12-28)29(23)14-18-7-3-2-4-8-18/h2-4,7-10,13H,5-6,11-12,14-16H2,1H3,(H,25,30). The number of nitrogens with zero attached hydrogens (tertiary/aromatic N) is 4. The fourth-order valence-corrected chi connectivity index (χ4v) is 4.36. The van der Waals surface area contributed by atoms with Crippen molar-refractivity contribution < 1.29 is 9.18 Å². The van der Waals surface area contributed by atoms with Crippen LogP contribution in [-0.2, 0) is 17.9 Å². The maximum absolute atomic E-state index is 13.7. The molecule has 3 aromatic rings. The normalized spacial score (nSPS) is 14.1. The number of thioether (sulfide) groups is 1. The Morgan fingerprint density at radius 2 is 1.87 bits per heavy atom. The number of hydrogen-bond acceptors (Lipinski definition) is 5. The molecule has 1 N–H and O–H groups in total. The Kier molecular flexibility index (Phi) is 6.99. The zero-order valence-corrected chi connectivity index (χ0v) is 18.4. The third-order valence-corrected chi connectivity index (χ3v) is 6.30. The van der Waals surface area contributed by atoms with Gasteiger partial charge in [0, 0.05) is 5.69 Å². The number of benzene rings is 2. The van der Waals surface area contributed by atoms with E-state index in [1.54, 1.807) is 19.1 Å². The number of amides is 1. The second-order valence-corrected chi connectivity index (χ2v) is 8.70. The van der Waals surface area contributed by atoms with Gasteiger partial charge in [0.05, 0.1) is 18.8 Å². The highest BCUT2D eigenvalue weighted by Crippen LogP contribution is 2.22. The summed E-state index contributed by atoms with van der Waals surface area (Å²) in [6.07, 6.45) is 2.43. The van der Waals surface area contributed by atoms with Gasteiger partial charge in [-0.1, -0.05) is 48.2 Å². The predicted molar refractivity (Wildman–Crippen MR) is 121 cm³/mol. The number of rotatable bonds is 8. The van der Waals surface area contributed by atoms with Gasteiger partial charge in [-0.3, -0.25) is 9.69 Å². The number of anilines is 1. The van der Waals surface area contributed by atoms with Crippen molar-refractivity contribution in [1.82, 2.24) is 19.7 Å². The molecule has 2 heterocycles. The van der Waals surface area contributed by atoms with E-state index < -0.39 is 0 Å². The molecule has 162 valence electrons. The molecule has 0 bridgehead atoms. The number of halogens is 1. The van der Waals surface area contributed by atoms with E-state index in [9.17, 15) is 9.18 Å². The van der Waals surface area contributed by atoms with E-state index in [1.807, 2.05) is 18.2 Å². The van der Waals surface area contributed by atoms with Gasteiger partial charge in [-0.05, 0) is 56.1 Å². The fraction of sp³-hybridized carbons (Fsp3) is 0.348. The van der Waals surface area contributed by atoms with Gasteiger partial charge in [0.25, 0.3) is 0 Å². The number of nitrogens with one attached hydrogen (secondary N) is 1. The van der Waals surface area contributed by atoms with E-state index in [1.165, 1.54) is 30.7 Å². The van der Waals surface area contributed by atoms with Crippen LogP contribution in [0.2, 0.25) is 0 Å². The van der Waals surface area contributed by atoms with Crippen LogP contribution >= 0.6 is 11.8 Å². The van der Waals surface area contributed by atoms with Gasteiger partial charge >= 0.3 is 0 Å². The lowest BCUT2D eigenvalue weighted by Crippen LogP contribution is -2.22. The number of aryl methyl sites for hydroxylation is 1. The van der Waals surface area contributed by atoms with Crippen molar-refractivity contribution in [2.75, 3.05) is 24.2 Å². The third-order valence-electron chi connectivity index (χ3n) is 5.33. The van der Waals surface area contributed by atoms with Crippen LogP contribution in [-0.4, -0.2) is 44.4 Å². The van der Waals surface area contributed by atoms with Gasteiger partial charge in [-0.15, -0.1) is 10.2 Å². The Bertz CT molecular complexity index is 1030. The van der Waals surface area contributed by atoms with E-state index >= 15 is 0 Å². The summed E-state index contributed by atoms with van der Waals surface area (Å²) in [6, 6.07) is 14.9. The molecule has 0 unspecified atom stereocenters. The largest absolute Gasteiger partial charge is 0.325 e. The molecule has 1 aliphatic rings. The van der Waals surface area contributed by atoms with Crippen molar-refractivity contribution >= 4 is 23.4 Å². The molecule has 1 aliphatic heterocycles. The highest BCUT2D eigenvalue weighted by Gasteiger charge is 2.19. The molecule has 1 saturated heterocycles. The van der Waals surface area contributed by atoms with Crippen LogP contribution in [0.1, 0.15) is 29.8 Å². The van der Waals surface area contributed by atoms with Crippen LogP contribution in [0.25, 0.3) is 0 Å². The Hall–Kier alpha value is -2.71. The number of likely N-dealkylation sites (tertiary alicyclic amines) is 1. The molecule has 1 fully saturated rings. The average molecular weight is 440 g/mol. The van der Waals surface area contributed by atoms with Gasteiger partial charge in [0.1, 0.15) is 11.6 Å². The second-order valence-electron chi connectivity index (χ2n) is 7.75. The topological polar surface area (TPSA) is 63.1 Å². The van der Waals surface area contributed by atoms with Crippen LogP contribution in [0.3, 0.4) is 0 Å². The van der Waals surface area contributed by atoms with Crippen LogP contribution < -0.4 is 5.32 Å². The van der Waals surface area contributed by atoms with Crippen LogP contribution in [0, 0.1) is 12.7 Å². The third kappa shape index (κ3) is 5.71. The summed E-state index contributed by atoms with van der Waals surface area (Å²) in [4.78, 5) is 14.8. The molecule has 0 spiro atoms. The Balaban J connectivity index is 1.45. The first-order valence-electron chi connectivity index (χ1n) is 10.5. The number of aromatic nitrogens is 3. The van der Waals surface area contributed by atoms with Crippen molar-refractivity contribution in [2.45, 2.75) is 38.0 Å². The lowest BCUT2D eigenvalue weighted by molar-refractivity contribution is -0.113. The quantitative estimate of drug-likeness (QED) is 0.536. The van der Waals surface area contributed by atoms with Crippen molar-refractivity contribution in [3.8, 4) is 0 Å². The lowest BCUT2D eigenvalue weighted by atomic mass is 10.2. The van der Waals surface area contributed by atoms with Crippen molar-refractivity contribution in [3.05, 3.63) is 71.3 Å². The Morgan fingerprint density at radius 3 is 2.61 bits per heavy atom. The smallest absolute Gasteiger partial charge is 0.234 e. The summed E-state index contributed by atoms with van der Waals surface area (Å²) in [6.45, 7) is 5.27. The van der Waals surface area contributed by atoms with Crippen molar-refractivity contribution in [1.29, 1.82) is 0 Å². The van der Waals surface area contributed by atoms with E-state index in [2.05, 4.69) is 37.1 Å². The first kappa shape index (κ1) is 21.5. The van der Waals surface area contributed by atoms with Gasteiger partial charge in [-0.2, -0.15) is 0 Å². The predicted octanol–water partition coefficient (Wildman–Crippen LogP) is 4.10. The number of carbonyl (C=O) groups excluding carboxylic acids is 1. The van der Waals surface area contributed by atoms with Gasteiger partial charge in [0.15, 0.2) is 5.16 Å². The zero-order chi connectivity index (χ0) is 21.6. The Labute approximate surface area is 185 Å². The van der Waals surface area contributed by atoms with Crippen LogP contribution in [0.15, 0.2) is 53.7 Å². The molecule has 2 aromatic carbocycles. The van der Waals surface area contributed by atoms with E-state index in [0.717, 1.165) is 31.0 Å². The summed E-state index contributed by atoms with van der Waals surface area (Å²) in [5, 5.41) is 12.3. The number of carbonyl (C=O) groups is 1. The molecule has 0 atom stereocenters. The SMILES string of the molecule is Cc1ccc(NC(=O)CSc2nnc(CN3CCCC3)n2Cc2ccccc2)cc1F. The molecule has 1 aromatic heterocycles. The molecule has 1 amide bonds. The molecule has 0 saturated carbocycles. The molecular weight excluding hydrogens is 413 g/mol. The summed E-state index contributed by atoms with van der Waals surface area (Å²) in [7, 11) is 0. The minimum atomic E-state index is -0.334. The van der Waals surface area contributed by atoms with Crippen molar-refractivity contribution in [3.63, 3.8) is 0 Å². The van der Waals surface area contributed by atoms with E-state index in [-0.39, 0.29) is 17.5 Å². The van der Waals surface area contributed by atoms with Crippen LogP contribution in [0.4, 0.5) is 10.1 Å². The maximum atomic E-state index is 13.7. The zero-order valence-electron chi connectivity index (χ0n) is 17.6. The average Bonchev–Trinajstić information content (AvgIpc) is 3.41. The minimum Gasteiger partial charge on any atom is -0.325 e. The highest BCUT2D eigenvalue weighted by molar-refractivity contribution is 7.99. The molecule has 0 radical (unpaired) electrons. The molecule has 8 heteroatoms. The van der Waals surface area contributed by atoms with Crippen LogP contribution in [0.5, 0.6) is 0 Å². The van der Waals surface area contributed by atoms with Crippen molar-refractivity contribution in [2.24, 2.45) is 0 Å². The maximum Gasteiger partial charge on any atom is 0.234 e. The van der Waals surface area contributed by atoms with E-state index in [4.69, 9.17) is 0 Å². The Morgan fingerprint density at radius 1 is 1.10 bits per heavy atom. The van der Waals surface area contributed by atoms with Gasteiger partial charge in [-0.25, -0.2) is 4.39 Å². The van der Waals surface area contributed by atoms with E-state index in [0.29, 0.717) is 23.0 Å². The minimum absolute atomic E-state index is 0.173. The summed E-state index contributed by atoms with van der Waals surface area (Å²) < 4.78 is 15.8. The van der Waals surface area contributed by atoms with Gasteiger partial charge < -0.3 is 9.88 Å². The number of hydrogen-bond donors (Lipinski definition) is 1. The second kappa shape index (κ2) is 10.1. The summed E-state index contributed by atoms with van der Waals surface area (Å²) in [5.74, 6) is 0.545. The fourth-order valence-electron chi connectivity index (χ4n) is 3.61. The van der Waals surface area contributed by atoms with Gasteiger partial charge in [0.2, 0.25) is 5.91 Å². The molecular formula is C23H26FN5OS. The first-order valence-corrected chi connectivity index (χ1v) is 11.4. The molecule has 4 rings (SSSR count). The summed E-state index contributed by atoms with van der Waals surface area (Å²) >= 11 is 1.34. The monoisotopic (exact) mass is 439 g/mol. The molecule has 6 nitrogen and oxygen atoms in total. The summed E-state index contributed by atoms with van der Waals surface area (Å²) in [5.41, 5.74) is 2.16. The molecule has 31 heavy (non-hydrogen) atoms. The first-order chi connectivity index (χ1) is 15.1. The molecule has 0 aliphatic carbocycles. The lowest BCUT2D eigenvalue weighted by Gasteiger charge is -2.16.